The van der Waals surface area contributed by atoms with Crippen LogP contribution < -0.4 is 10.1 Å². The predicted molar refractivity (Wildman–Crippen MR) is 91.9 cm³/mol. The zero-order valence-corrected chi connectivity index (χ0v) is 14.7. The Morgan fingerprint density at radius 3 is 3.10 bits per heavy atom. The Labute approximate surface area is 137 Å². The summed E-state index contributed by atoms with van der Waals surface area (Å²) in [6.45, 7) is 9.82. The lowest BCUT2D eigenvalue weighted by Gasteiger charge is -2.28. The molecule has 0 bridgehead atoms. The summed E-state index contributed by atoms with van der Waals surface area (Å²) in [5.41, 5.74) is 0. The van der Waals surface area contributed by atoms with Crippen molar-refractivity contribution in [1.29, 1.82) is 0 Å². The summed E-state index contributed by atoms with van der Waals surface area (Å²) in [5, 5.41) is 3.69. The van der Waals surface area contributed by atoms with Gasteiger partial charge >= 0.3 is 0 Å². The summed E-state index contributed by atoms with van der Waals surface area (Å²) < 4.78 is 6.93. The number of halogens is 1. The zero-order chi connectivity index (χ0) is 15.1. The van der Waals surface area contributed by atoms with Gasteiger partial charge in [0.05, 0.1) is 0 Å². The maximum absolute atomic E-state index is 5.86. The molecule has 21 heavy (non-hydrogen) atoms. The van der Waals surface area contributed by atoms with E-state index in [9.17, 15) is 0 Å². The smallest absolute Gasteiger partial charge is 0.120 e. The first-order chi connectivity index (χ1) is 10.2. The van der Waals surface area contributed by atoms with Crippen molar-refractivity contribution in [2.75, 3.05) is 32.8 Å². The molecule has 1 aromatic carbocycles. The van der Waals surface area contributed by atoms with Crippen molar-refractivity contribution in [2.45, 2.75) is 32.7 Å². The van der Waals surface area contributed by atoms with Crippen molar-refractivity contribution in [3.8, 4) is 5.75 Å². The van der Waals surface area contributed by atoms with E-state index in [1.807, 2.05) is 24.3 Å². The monoisotopic (exact) mass is 354 g/mol. The Morgan fingerprint density at radius 2 is 2.33 bits per heavy atom. The van der Waals surface area contributed by atoms with Crippen molar-refractivity contribution >= 4 is 15.9 Å². The van der Waals surface area contributed by atoms with Gasteiger partial charge < -0.3 is 10.1 Å². The summed E-state index contributed by atoms with van der Waals surface area (Å²) in [5.74, 6) is 1.67. The molecule has 1 aliphatic heterocycles. The van der Waals surface area contributed by atoms with E-state index in [0.29, 0.717) is 6.04 Å². The molecule has 2 rings (SSSR count). The molecule has 1 aromatic rings. The first-order valence-corrected chi connectivity index (χ1v) is 8.82. The molecule has 0 aliphatic carbocycles. The Kier molecular flexibility index (Phi) is 7.00. The lowest BCUT2D eigenvalue weighted by molar-refractivity contribution is 0.193. The predicted octanol–water partition coefficient (Wildman–Crippen LogP) is 3.54. The molecule has 1 saturated heterocycles. The van der Waals surface area contributed by atoms with E-state index in [2.05, 4.69) is 40.0 Å². The molecule has 0 saturated carbocycles. The molecule has 4 heteroatoms. The Bertz CT molecular complexity index is 427. The normalized spacial score (nSPS) is 21.8. The van der Waals surface area contributed by atoms with Crippen LogP contribution in [0.15, 0.2) is 28.7 Å². The number of benzene rings is 1. The summed E-state index contributed by atoms with van der Waals surface area (Å²) in [6.07, 6.45) is 2.46. The summed E-state index contributed by atoms with van der Waals surface area (Å²) in [7, 11) is 0. The zero-order valence-electron chi connectivity index (χ0n) is 13.1. The summed E-state index contributed by atoms with van der Waals surface area (Å²) in [4.78, 5) is 2.54. The molecular weight excluding hydrogens is 328 g/mol. The van der Waals surface area contributed by atoms with Crippen LogP contribution in [0.3, 0.4) is 0 Å². The molecule has 3 nitrogen and oxygen atoms in total. The third-order valence-electron chi connectivity index (χ3n) is 4.32. The van der Waals surface area contributed by atoms with Crippen LogP contribution in [0.5, 0.6) is 5.75 Å². The van der Waals surface area contributed by atoms with Crippen molar-refractivity contribution in [2.24, 2.45) is 5.92 Å². The molecule has 2 unspecified atom stereocenters. The molecule has 118 valence electrons. The summed E-state index contributed by atoms with van der Waals surface area (Å²) >= 11 is 3.47. The van der Waals surface area contributed by atoms with Crippen LogP contribution in [0.25, 0.3) is 0 Å². The van der Waals surface area contributed by atoms with E-state index in [0.717, 1.165) is 42.4 Å². The first-order valence-electron chi connectivity index (χ1n) is 8.03. The van der Waals surface area contributed by atoms with Crippen LogP contribution in [-0.2, 0) is 0 Å². The second-order valence-corrected chi connectivity index (χ2v) is 6.82. The van der Waals surface area contributed by atoms with Gasteiger partial charge in [0.15, 0.2) is 0 Å². The lowest BCUT2D eigenvalue weighted by Crippen LogP contribution is -2.43. The number of hydrogen-bond donors (Lipinski definition) is 1. The molecule has 2 atom stereocenters. The SMILES string of the molecule is CCC(C)C1CN(CCOc2cccc(Br)c2)CCCN1. The van der Waals surface area contributed by atoms with E-state index in [1.54, 1.807) is 0 Å². The molecule has 1 heterocycles. The van der Waals surface area contributed by atoms with Gasteiger partial charge in [0.25, 0.3) is 0 Å². The molecule has 1 N–H and O–H groups in total. The van der Waals surface area contributed by atoms with Gasteiger partial charge in [-0.1, -0.05) is 42.3 Å². The number of nitrogens with zero attached hydrogens (tertiary/aromatic N) is 1. The highest BCUT2D eigenvalue weighted by molar-refractivity contribution is 9.10. The highest BCUT2D eigenvalue weighted by Crippen LogP contribution is 2.18. The topological polar surface area (TPSA) is 24.5 Å². The number of rotatable bonds is 6. The number of hydrogen-bond acceptors (Lipinski definition) is 3. The molecular formula is C17H27BrN2O. The quantitative estimate of drug-likeness (QED) is 0.845. The Morgan fingerprint density at radius 1 is 1.48 bits per heavy atom. The minimum Gasteiger partial charge on any atom is -0.492 e. The Hall–Kier alpha value is -0.580. The van der Waals surface area contributed by atoms with Crippen molar-refractivity contribution in [3.05, 3.63) is 28.7 Å². The van der Waals surface area contributed by atoms with Crippen LogP contribution in [0.1, 0.15) is 26.7 Å². The Balaban J connectivity index is 1.78. The average Bonchev–Trinajstić information content (AvgIpc) is 2.72. The average molecular weight is 355 g/mol. The van der Waals surface area contributed by atoms with Gasteiger partial charge in [-0.2, -0.15) is 0 Å². The maximum atomic E-state index is 5.86. The van der Waals surface area contributed by atoms with E-state index in [4.69, 9.17) is 4.74 Å². The fourth-order valence-electron chi connectivity index (χ4n) is 2.74. The molecule has 0 aromatic heterocycles. The lowest BCUT2D eigenvalue weighted by atomic mass is 9.99. The van der Waals surface area contributed by atoms with Gasteiger partial charge in [-0.15, -0.1) is 0 Å². The van der Waals surface area contributed by atoms with Crippen LogP contribution in [0.4, 0.5) is 0 Å². The van der Waals surface area contributed by atoms with Crippen molar-refractivity contribution in [1.82, 2.24) is 10.2 Å². The minimum atomic E-state index is 0.614. The van der Waals surface area contributed by atoms with Gasteiger partial charge in [-0.25, -0.2) is 0 Å². The second kappa shape index (κ2) is 8.76. The van der Waals surface area contributed by atoms with Crippen LogP contribution in [-0.4, -0.2) is 43.7 Å². The number of nitrogens with one attached hydrogen (secondary N) is 1. The molecule has 0 spiro atoms. The van der Waals surface area contributed by atoms with Crippen LogP contribution in [0.2, 0.25) is 0 Å². The standard InChI is InChI=1S/C17H27BrN2O/c1-3-14(2)17-13-20(9-5-8-19-17)10-11-21-16-7-4-6-15(18)12-16/h4,6-7,12,14,17,19H,3,5,8-11,13H2,1-2H3. The van der Waals surface area contributed by atoms with E-state index in [-0.39, 0.29) is 0 Å². The fraction of sp³-hybridized carbons (Fsp3) is 0.647. The highest BCUT2D eigenvalue weighted by Gasteiger charge is 2.21. The van der Waals surface area contributed by atoms with E-state index < -0.39 is 0 Å². The third kappa shape index (κ3) is 5.61. The number of ether oxygens (including phenoxy) is 1. The van der Waals surface area contributed by atoms with Crippen molar-refractivity contribution < 1.29 is 4.74 Å². The molecule has 1 fully saturated rings. The maximum Gasteiger partial charge on any atom is 0.120 e. The largest absolute Gasteiger partial charge is 0.492 e. The van der Waals surface area contributed by atoms with Gasteiger partial charge in [-0.05, 0) is 43.6 Å². The third-order valence-corrected chi connectivity index (χ3v) is 4.81. The second-order valence-electron chi connectivity index (χ2n) is 5.91. The highest BCUT2D eigenvalue weighted by atomic mass is 79.9. The van der Waals surface area contributed by atoms with Crippen LogP contribution >= 0.6 is 15.9 Å². The fourth-order valence-corrected chi connectivity index (χ4v) is 3.12. The van der Waals surface area contributed by atoms with E-state index in [1.165, 1.54) is 19.4 Å². The first kappa shape index (κ1) is 16.8. The van der Waals surface area contributed by atoms with Gasteiger partial charge in [0.2, 0.25) is 0 Å². The van der Waals surface area contributed by atoms with Gasteiger partial charge in [-0.3, -0.25) is 4.90 Å². The van der Waals surface area contributed by atoms with Crippen LogP contribution in [0, 0.1) is 5.92 Å². The van der Waals surface area contributed by atoms with Gasteiger partial charge in [0.1, 0.15) is 12.4 Å². The van der Waals surface area contributed by atoms with Crippen molar-refractivity contribution in [3.63, 3.8) is 0 Å². The molecule has 0 radical (unpaired) electrons. The molecule has 0 amide bonds. The minimum absolute atomic E-state index is 0.614. The summed E-state index contributed by atoms with van der Waals surface area (Å²) in [6, 6.07) is 8.67. The van der Waals surface area contributed by atoms with E-state index >= 15 is 0 Å². The van der Waals surface area contributed by atoms with Gasteiger partial charge in [0, 0.05) is 23.6 Å². The molecule has 1 aliphatic rings.